The number of benzene rings is 1. The van der Waals surface area contributed by atoms with Crippen molar-refractivity contribution in [2.45, 2.75) is 25.8 Å². The van der Waals surface area contributed by atoms with Gasteiger partial charge >= 0.3 is 5.69 Å². The van der Waals surface area contributed by atoms with E-state index in [1.54, 1.807) is 26.0 Å². The van der Waals surface area contributed by atoms with E-state index < -0.39 is 5.54 Å². The number of amides is 1. The first-order valence-electron chi connectivity index (χ1n) is 5.75. The summed E-state index contributed by atoms with van der Waals surface area (Å²) >= 11 is 3.35. The Morgan fingerprint density at radius 1 is 1.37 bits per heavy atom. The predicted octanol–water partition coefficient (Wildman–Crippen LogP) is 1.68. The average Bonchev–Trinajstić information content (AvgIpc) is 2.55. The zero-order chi connectivity index (χ0) is 14.2. The molecule has 0 atom stereocenters. The molecule has 1 aromatic heterocycles. The molecule has 0 aliphatic rings. The van der Waals surface area contributed by atoms with Gasteiger partial charge in [0, 0.05) is 16.4 Å². The van der Waals surface area contributed by atoms with Crippen LogP contribution in [0.1, 0.15) is 20.3 Å². The van der Waals surface area contributed by atoms with Crippen LogP contribution in [0.3, 0.4) is 0 Å². The summed E-state index contributed by atoms with van der Waals surface area (Å²) in [5.41, 5.74) is 6.85. The number of carbonyl (C=O) groups excluding carboxylic acids is 1. The lowest BCUT2D eigenvalue weighted by Crippen LogP contribution is -2.36. The van der Waals surface area contributed by atoms with Gasteiger partial charge in [-0.2, -0.15) is 0 Å². The van der Waals surface area contributed by atoms with Gasteiger partial charge in [0.2, 0.25) is 5.91 Å². The van der Waals surface area contributed by atoms with E-state index in [0.29, 0.717) is 21.2 Å². The van der Waals surface area contributed by atoms with Crippen molar-refractivity contribution in [1.82, 2.24) is 9.97 Å². The van der Waals surface area contributed by atoms with Gasteiger partial charge in [0.1, 0.15) is 0 Å². The minimum absolute atomic E-state index is 0.176. The van der Waals surface area contributed by atoms with Crippen LogP contribution < -0.4 is 16.7 Å². The normalized spacial score (nSPS) is 11.8. The number of aromatic amines is 2. The second kappa shape index (κ2) is 4.82. The summed E-state index contributed by atoms with van der Waals surface area (Å²) in [7, 11) is 0. The van der Waals surface area contributed by atoms with Crippen LogP contribution >= 0.6 is 15.9 Å². The van der Waals surface area contributed by atoms with Gasteiger partial charge in [0.05, 0.1) is 16.7 Å². The van der Waals surface area contributed by atoms with E-state index in [-0.39, 0.29) is 18.0 Å². The molecule has 1 amide bonds. The molecule has 0 spiro atoms. The Hall–Kier alpha value is -1.60. The third kappa shape index (κ3) is 3.45. The second-order valence-electron chi connectivity index (χ2n) is 5.17. The SMILES string of the molecule is CC(C)(N)CC(=O)Nc1cc2[nH]c(=O)[nH]c2cc1Br. The molecule has 0 unspecified atom stereocenters. The summed E-state index contributed by atoms with van der Waals surface area (Å²) in [6.45, 7) is 3.57. The van der Waals surface area contributed by atoms with Crippen LogP contribution in [0.25, 0.3) is 11.0 Å². The molecule has 102 valence electrons. The van der Waals surface area contributed by atoms with Crippen molar-refractivity contribution < 1.29 is 4.79 Å². The molecule has 5 N–H and O–H groups in total. The maximum absolute atomic E-state index is 11.8. The van der Waals surface area contributed by atoms with E-state index in [1.165, 1.54) is 0 Å². The maximum Gasteiger partial charge on any atom is 0.323 e. The number of halogens is 1. The largest absolute Gasteiger partial charge is 0.325 e. The highest BCUT2D eigenvalue weighted by molar-refractivity contribution is 9.10. The topological polar surface area (TPSA) is 104 Å². The number of nitrogens with one attached hydrogen (secondary N) is 3. The molecule has 1 heterocycles. The van der Waals surface area contributed by atoms with Crippen molar-refractivity contribution in [2.75, 3.05) is 5.32 Å². The van der Waals surface area contributed by atoms with E-state index in [1.807, 2.05) is 0 Å². The number of fused-ring (bicyclic) bond motifs is 1. The smallest absolute Gasteiger partial charge is 0.323 e. The molecule has 7 heteroatoms. The molecule has 2 aromatic rings. The number of imidazole rings is 1. The number of aromatic nitrogens is 2. The van der Waals surface area contributed by atoms with Crippen molar-refractivity contribution in [3.05, 3.63) is 27.1 Å². The Bertz CT molecular complexity index is 681. The minimum atomic E-state index is -0.566. The number of carbonyl (C=O) groups is 1. The van der Waals surface area contributed by atoms with E-state index in [4.69, 9.17) is 5.73 Å². The van der Waals surface area contributed by atoms with Crippen molar-refractivity contribution in [1.29, 1.82) is 0 Å². The molecule has 0 saturated carbocycles. The summed E-state index contributed by atoms with van der Waals surface area (Å²) in [5.74, 6) is -0.176. The molecule has 0 aliphatic heterocycles. The Kier molecular flexibility index (Phi) is 3.51. The summed E-state index contributed by atoms with van der Waals surface area (Å²) in [6.07, 6.45) is 0.209. The van der Waals surface area contributed by atoms with E-state index in [0.717, 1.165) is 0 Å². The average molecular weight is 327 g/mol. The molecule has 1 aromatic carbocycles. The summed E-state index contributed by atoms with van der Waals surface area (Å²) < 4.78 is 0.693. The number of nitrogens with two attached hydrogens (primary N) is 1. The lowest BCUT2D eigenvalue weighted by Gasteiger charge is -2.17. The fraction of sp³-hybridized carbons (Fsp3) is 0.333. The Morgan fingerprint density at radius 3 is 2.53 bits per heavy atom. The molecule has 0 bridgehead atoms. The van der Waals surface area contributed by atoms with E-state index >= 15 is 0 Å². The van der Waals surface area contributed by atoms with Crippen molar-refractivity contribution in [2.24, 2.45) is 5.73 Å². The van der Waals surface area contributed by atoms with Crippen molar-refractivity contribution >= 4 is 38.6 Å². The summed E-state index contributed by atoms with van der Waals surface area (Å²) in [5, 5.41) is 2.77. The molecular weight excluding hydrogens is 312 g/mol. The van der Waals surface area contributed by atoms with Crippen LogP contribution in [0, 0.1) is 0 Å². The second-order valence-corrected chi connectivity index (χ2v) is 6.02. The maximum atomic E-state index is 11.8. The molecule has 0 radical (unpaired) electrons. The molecule has 0 aliphatic carbocycles. The van der Waals surface area contributed by atoms with Gasteiger partial charge in [0.25, 0.3) is 0 Å². The molecule has 6 nitrogen and oxygen atoms in total. The fourth-order valence-electron chi connectivity index (χ4n) is 1.76. The van der Waals surface area contributed by atoms with Gasteiger partial charge in [-0.3, -0.25) is 4.79 Å². The van der Waals surface area contributed by atoms with Crippen LogP contribution in [0.2, 0.25) is 0 Å². The highest BCUT2D eigenvalue weighted by atomic mass is 79.9. The first-order valence-corrected chi connectivity index (χ1v) is 6.54. The van der Waals surface area contributed by atoms with Crippen LogP contribution in [-0.2, 0) is 4.79 Å². The Morgan fingerprint density at radius 2 is 1.95 bits per heavy atom. The van der Waals surface area contributed by atoms with Gasteiger partial charge in [-0.15, -0.1) is 0 Å². The van der Waals surface area contributed by atoms with Crippen LogP contribution in [0.15, 0.2) is 21.4 Å². The van der Waals surface area contributed by atoms with Gasteiger partial charge < -0.3 is 21.0 Å². The first-order chi connectivity index (χ1) is 8.74. The summed E-state index contributed by atoms with van der Waals surface area (Å²) in [6, 6.07) is 3.43. The van der Waals surface area contributed by atoms with E-state index in [2.05, 4.69) is 31.2 Å². The van der Waals surface area contributed by atoms with Gasteiger partial charge in [-0.1, -0.05) is 0 Å². The Labute approximate surface area is 117 Å². The standard InChI is InChI=1S/C12H15BrN4O2/c1-12(2,14)5-10(18)15-7-4-9-8(3-6(7)13)16-11(19)17-9/h3-4H,5,14H2,1-2H3,(H,15,18)(H2,16,17,19). The Balaban J connectivity index is 2.27. The monoisotopic (exact) mass is 326 g/mol. The zero-order valence-electron chi connectivity index (χ0n) is 10.6. The molecule has 2 rings (SSSR count). The lowest BCUT2D eigenvalue weighted by molar-refractivity contribution is -0.117. The number of anilines is 1. The fourth-order valence-corrected chi connectivity index (χ4v) is 2.20. The van der Waals surface area contributed by atoms with Crippen LogP contribution in [0.5, 0.6) is 0 Å². The number of H-pyrrole nitrogens is 2. The van der Waals surface area contributed by atoms with Crippen molar-refractivity contribution in [3.63, 3.8) is 0 Å². The van der Waals surface area contributed by atoms with Gasteiger partial charge in [-0.05, 0) is 41.9 Å². The number of hydrogen-bond donors (Lipinski definition) is 4. The highest BCUT2D eigenvalue weighted by Gasteiger charge is 2.17. The molecule has 0 saturated heterocycles. The van der Waals surface area contributed by atoms with Crippen LogP contribution in [0.4, 0.5) is 5.69 Å². The molecular formula is C12H15BrN4O2. The lowest BCUT2D eigenvalue weighted by atomic mass is 10.0. The number of hydrogen-bond acceptors (Lipinski definition) is 3. The minimum Gasteiger partial charge on any atom is -0.325 e. The highest BCUT2D eigenvalue weighted by Crippen LogP contribution is 2.26. The van der Waals surface area contributed by atoms with E-state index in [9.17, 15) is 9.59 Å². The third-order valence-electron chi connectivity index (χ3n) is 2.49. The van der Waals surface area contributed by atoms with Crippen LogP contribution in [-0.4, -0.2) is 21.4 Å². The quantitative estimate of drug-likeness (QED) is 0.689. The molecule has 19 heavy (non-hydrogen) atoms. The first kappa shape index (κ1) is 13.8. The summed E-state index contributed by atoms with van der Waals surface area (Å²) in [4.78, 5) is 28.3. The van der Waals surface area contributed by atoms with Crippen molar-refractivity contribution in [3.8, 4) is 0 Å². The predicted molar refractivity (Wildman–Crippen MR) is 78.1 cm³/mol. The third-order valence-corrected chi connectivity index (χ3v) is 3.15. The van der Waals surface area contributed by atoms with Gasteiger partial charge in [-0.25, -0.2) is 4.79 Å². The zero-order valence-corrected chi connectivity index (χ0v) is 12.2. The number of rotatable bonds is 3. The molecule has 0 fully saturated rings. The van der Waals surface area contributed by atoms with Gasteiger partial charge in [0.15, 0.2) is 0 Å².